The molecule has 0 spiro atoms. The van der Waals surface area contributed by atoms with Crippen LogP contribution in [0.1, 0.15) is 26.2 Å². The first kappa shape index (κ1) is 12.0. The van der Waals surface area contributed by atoms with E-state index in [1.54, 1.807) is 0 Å². The molecule has 0 aromatic rings. The minimum absolute atomic E-state index is 0.329. The monoisotopic (exact) mass is 200 g/mol. The van der Waals surface area contributed by atoms with E-state index >= 15 is 0 Å². The Labute approximate surface area is 87.8 Å². The van der Waals surface area contributed by atoms with Crippen LogP contribution in [-0.2, 0) is 4.74 Å². The van der Waals surface area contributed by atoms with Crippen molar-refractivity contribution >= 4 is 0 Å². The molecule has 0 radical (unpaired) electrons. The van der Waals surface area contributed by atoms with E-state index in [1.807, 2.05) is 7.05 Å². The second-order valence-corrected chi connectivity index (χ2v) is 4.33. The van der Waals surface area contributed by atoms with E-state index in [2.05, 4.69) is 24.2 Å². The Kier molecular flexibility index (Phi) is 5.45. The Balaban J connectivity index is 2.15. The molecule has 1 heterocycles. The standard InChI is InChI=1S/C11H24N2O/c1-10(8-12-2)14-9-11-6-4-5-7-13(11)3/h10-12H,4-9H2,1-3H3. The fourth-order valence-corrected chi connectivity index (χ4v) is 1.98. The van der Waals surface area contributed by atoms with Gasteiger partial charge >= 0.3 is 0 Å². The average molecular weight is 200 g/mol. The maximum atomic E-state index is 5.79. The van der Waals surface area contributed by atoms with Crippen molar-refractivity contribution in [2.45, 2.75) is 38.3 Å². The van der Waals surface area contributed by atoms with Gasteiger partial charge in [0.05, 0.1) is 12.7 Å². The predicted octanol–water partition coefficient (Wildman–Crippen LogP) is 1.10. The zero-order chi connectivity index (χ0) is 10.4. The highest BCUT2D eigenvalue weighted by molar-refractivity contribution is 4.74. The van der Waals surface area contributed by atoms with Crippen molar-refractivity contribution in [3.05, 3.63) is 0 Å². The summed E-state index contributed by atoms with van der Waals surface area (Å²) in [5, 5.41) is 3.13. The Morgan fingerprint density at radius 3 is 2.93 bits per heavy atom. The number of nitrogens with one attached hydrogen (secondary N) is 1. The molecule has 3 heteroatoms. The van der Waals surface area contributed by atoms with Crippen LogP contribution in [0.15, 0.2) is 0 Å². The second-order valence-electron chi connectivity index (χ2n) is 4.33. The van der Waals surface area contributed by atoms with E-state index in [0.29, 0.717) is 12.1 Å². The van der Waals surface area contributed by atoms with Gasteiger partial charge in [0.2, 0.25) is 0 Å². The number of likely N-dealkylation sites (N-methyl/N-ethyl adjacent to an activating group) is 2. The lowest BCUT2D eigenvalue weighted by Gasteiger charge is -2.32. The summed E-state index contributed by atoms with van der Waals surface area (Å²) in [7, 11) is 4.17. The minimum atomic E-state index is 0.329. The Hall–Kier alpha value is -0.120. The number of hydrogen-bond donors (Lipinski definition) is 1. The molecule has 0 amide bonds. The predicted molar refractivity (Wildman–Crippen MR) is 59.6 cm³/mol. The molecular formula is C11H24N2O. The lowest BCUT2D eigenvalue weighted by Crippen LogP contribution is -2.40. The van der Waals surface area contributed by atoms with Crippen molar-refractivity contribution in [2.24, 2.45) is 0 Å². The fourth-order valence-electron chi connectivity index (χ4n) is 1.98. The van der Waals surface area contributed by atoms with Crippen molar-refractivity contribution < 1.29 is 4.74 Å². The number of nitrogens with zero attached hydrogens (tertiary/aromatic N) is 1. The van der Waals surface area contributed by atoms with E-state index in [-0.39, 0.29) is 0 Å². The molecule has 1 saturated heterocycles. The largest absolute Gasteiger partial charge is 0.376 e. The summed E-state index contributed by atoms with van der Waals surface area (Å²) in [6.07, 6.45) is 4.33. The van der Waals surface area contributed by atoms with Crippen LogP contribution >= 0.6 is 0 Å². The molecule has 0 bridgehead atoms. The van der Waals surface area contributed by atoms with E-state index < -0.39 is 0 Å². The normalized spacial score (nSPS) is 26.4. The van der Waals surface area contributed by atoms with Gasteiger partial charge in [-0.1, -0.05) is 6.42 Å². The topological polar surface area (TPSA) is 24.5 Å². The molecule has 0 aromatic carbocycles. The van der Waals surface area contributed by atoms with Crippen LogP contribution in [0.25, 0.3) is 0 Å². The van der Waals surface area contributed by atoms with Crippen LogP contribution < -0.4 is 5.32 Å². The summed E-state index contributed by atoms with van der Waals surface area (Å²) in [6.45, 7) is 5.18. The third-order valence-electron chi connectivity index (χ3n) is 2.99. The highest BCUT2D eigenvalue weighted by atomic mass is 16.5. The molecule has 2 unspecified atom stereocenters. The molecule has 84 valence electrons. The summed E-state index contributed by atoms with van der Waals surface area (Å²) in [5.74, 6) is 0. The minimum Gasteiger partial charge on any atom is -0.376 e. The quantitative estimate of drug-likeness (QED) is 0.719. The van der Waals surface area contributed by atoms with Crippen molar-refractivity contribution in [1.82, 2.24) is 10.2 Å². The summed E-state index contributed by atoms with van der Waals surface area (Å²) >= 11 is 0. The third-order valence-corrected chi connectivity index (χ3v) is 2.99. The molecule has 2 atom stereocenters. The van der Waals surface area contributed by atoms with E-state index in [9.17, 15) is 0 Å². The van der Waals surface area contributed by atoms with Crippen molar-refractivity contribution in [3.8, 4) is 0 Å². The van der Waals surface area contributed by atoms with Gasteiger partial charge in [0.15, 0.2) is 0 Å². The number of ether oxygens (including phenoxy) is 1. The molecule has 0 saturated carbocycles. The second kappa shape index (κ2) is 6.38. The Bertz CT molecular complexity index is 152. The first-order valence-electron chi connectivity index (χ1n) is 5.70. The Morgan fingerprint density at radius 2 is 2.29 bits per heavy atom. The van der Waals surface area contributed by atoms with Gasteiger partial charge in [-0.25, -0.2) is 0 Å². The Morgan fingerprint density at radius 1 is 1.50 bits per heavy atom. The lowest BCUT2D eigenvalue weighted by molar-refractivity contribution is 0.0133. The smallest absolute Gasteiger partial charge is 0.0672 e. The zero-order valence-electron chi connectivity index (χ0n) is 9.75. The van der Waals surface area contributed by atoms with Gasteiger partial charge in [-0.3, -0.25) is 0 Å². The fraction of sp³-hybridized carbons (Fsp3) is 1.00. The summed E-state index contributed by atoms with van der Waals surface area (Å²) in [4.78, 5) is 2.43. The molecule has 1 aliphatic rings. The number of rotatable bonds is 5. The van der Waals surface area contributed by atoms with E-state index in [0.717, 1.165) is 13.2 Å². The van der Waals surface area contributed by atoms with Crippen LogP contribution in [0.4, 0.5) is 0 Å². The number of piperidine rings is 1. The van der Waals surface area contributed by atoms with Crippen molar-refractivity contribution in [3.63, 3.8) is 0 Å². The van der Waals surface area contributed by atoms with Gasteiger partial charge in [-0.2, -0.15) is 0 Å². The highest BCUT2D eigenvalue weighted by Crippen LogP contribution is 2.15. The van der Waals surface area contributed by atoms with E-state index in [1.165, 1.54) is 25.8 Å². The van der Waals surface area contributed by atoms with Crippen LogP contribution in [0, 0.1) is 0 Å². The van der Waals surface area contributed by atoms with Crippen molar-refractivity contribution in [2.75, 3.05) is 33.8 Å². The highest BCUT2D eigenvalue weighted by Gasteiger charge is 2.19. The lowest BCUT2D eigenvalue weighted by atomic mass is 10.0. The van der Waals surface area contributed by atoms with Crippen LogP contribution in [0.3, 0.4) is 0 Å². The van der Waals surface area contributed by atoms with Gasteiger partial charge in [-0.15, -0.1) is 0 Å². The van der Waals surface area contributed by atoms with Gasteiger partial charge in [0.25, 0.3) is 0 Å². The van der Waals surface area contributed by atoms with Gasteiger partial charge < -0.3 is 15.0 Å². The molecule has 1 N–H and O–H groups in total. The summed E-state index contributed by atoms with van der Waals surface area (Å²) < 4.78 is 5.79. The molecule has 0 aromatic heterocycles. The summed E-state index contributed by atoms with van der Waals surface area (Å²) in [5.41, 5.74) is 0. The maximum absolute atomic E-state index is 5.79. The average Bonchev–Trinajstić information content (AvgIpc) is 2.17. The molecule has 1 aliphatic heterocycles. The first-order chi connectivity index (χ1) is 6.74. The van der Waals surface area contributed by atoms with Gasteiger partial charge in [0.1, 0.15) is 0 Å². The van der Waals surface area contributed by atoms with E-state index in [4.69, 9.17) is 4.74 Å². The van der Waals surface area contributed by atoms with Gasteiger partial charge in [-0.05, 0) is 40.4 Å². The summed E-state index contributed by atoms with van der Waals surface area (Å²) in [6, 6.07) is 0.642. The van der Waals surface area contributed by atoms with Crippen molar-refractivity contribution in [1.29, 1.82) is 0 Å². The third kappa shape index (κ3) is 3.95. The molecule has 0 aliphatic carbocycles. The molecule has 1 rings (SSSR count). The number of likely N-dealkylation sites (tertiary alicyclic amines) is 1. The molecular weight excluding hydrogens is 176 g/mol. The zero-order valence-corrected chi connectivity index (χ0v) is 9.75. The molecule has 1 fully saturated rings. The molecule has 14 heavy (non-hydrogen) atoms. The van der Waals surface area contributed by atoms with Crippen LogP contribution in [0.5, 0.6) is 0 Å². The first-order valence-corrected chi connectivity index (χ1v) is 5.70. The molecule has 3 nitrogen and oxygen atoms in total. The van der Waals surface area contributed by atoms with Crippen LogP contribution in [0.2, 0.25) is 0 Å². The maximum Gasteiger partial charge on any atom is 0.0672 e. The SMILES string of the molecule is CNCC(C)OCC1CCCCN1C. The number of hydrogen-bond acceptors (Lipinski definition) is 3. The van der Waals surface area contributed by atoms with Gasteiger partial charge in [0, 0.05) is 12.6 Å². The van der Waals surface area contributed by atoms with Crippen LogP contribution in [-0.4, -0.2) is 50.8 Å².